The molecule has 3 aromatic heterocycles. The fourth-order valence-electron chi connectivity index (χ4n) is 3.76. The molecule has 158 valence electrons. The van der Waals surface area contributed by atoms with Crippen LogP contribution in [0.15, 0.2) is 48.5 Å². The molecule has 0 saturated carbocycles. The molecule has 1 fully saturated rings. The molecule has 1 aliphatic rings. The normalized spacial score (nSPS) is 14.3. The number of anilines is 2. The number of ether oxygens (including phenoxy) is 1. The summed E-state index contributed by atoms with van der Waals surface area (Å²) in [5.41, 5.74) is 2.65. The van der Waals surface area contributed by atoms with Crippen molar-refractivity contribution in [3.63, 3.8) is 0 Å². The van der Waals surface area contributed by atoms with Gasteiger partial charge in [-0.3, -0.25) is 0 Å². The van der Waals surface area contributed by atoms with Gasteiger partial charge in [0.15, 0.2) is 17.3 Å². The van der Waals surface area contributed by atoms with Gasteiger partial charge in [0, 0.05) is 31.7 Å². The van der Waals surface area contributed by atoms with Crippen LogP contribution in [0.25, 0.3) is 16.9 Å². The molecule has 0 atom stereocenters. The van der Waals surface area contributed by atoms with Crippen molar-refractivity contribution in [1.82, 2.24) is 30.0 Å². The van der Waals surface area contributed by atoms with E-state index in [-0.39, 0.29) is 0 Å². The highest BCUT2D eigenvalue weighted by Crippen LogP contribution is 2.23. The van der Waals surface area contributed by atoms with E-state index in [1.165, 1.54) is 0 Å². The highest BCUT2D eigenvalue weighted by molar-refractivity contribution is 5.61. The molecule has 0 spiro atoms. The molecular formula is C22H24N8O. The van der Waals surface area contributed by atoms with E-state index in [4.69, 9.17) is 4.74 Å². The summed E-state index contributed by atoms with van der Waals surface area (Å²) in [6.45, 7) is 7.99. The van der Waals surface area contributed by atoms with E-state index in [1.54, 1.807) is 4.52 Å². The van der Waals surface area contributed by atoms with Crippen molar-refractivity contribution in [2.24, 2.45) is 0 Å². The Labute approximate surface area is 180 Å². The van der Waals surface area contributed by atoms with Crippen molar-refractivity contribution >= 4 is 17.3 Å². The molecule has 0 aliphatic carbocycles. The second-order valence-corrected chi connectivity index (χ2v) is 7.42. The van der Waals surface area contributed by atoms with Crippen molar-refractivity contribution < 1.29 is 4.74 Å². The van der Waals surface area contributed by atoms with Crippen LogP contribution in [0.5, 0.6) is 5.75 Å². The number of aryl methyl sites for hydroxylation is 1. The Bertz CT molecular complexity index is 1160. The van der Waals surface area contributed by atoms with Crippen LogP contribution in [-0.2, 0) is 0 Å². The van der Waals surface area contributed by atoms with Crippen LogP contribution in [0.1, 0.15) is 12.7 Å². The molecule has 0 unspecified atom stereocenters. The van der Waals surface area contributed by atoms with Crippen molar-refractivity contribution in [1.29, 1.82) is 0 Å². The summed E-state index contributed by atoms with van der Waals surface area (Å²) >= 11 is 0. The first-order chi connectivity index (χ1) is 15.2. The van der Waals surface area contributed by atoms with E-state index < -0.39 is 0 Å². The Morgan fingerprint density at radius 2 is 1.48 bits per heavy atom. The molecule has 4 heterocycles. The smallest absolute Gasteiger partial charge is 0.178 e. The molecule has 9 heteroatoms. The standard InChI is InChI=1S/C22H24N8O/c1-3-31-18-6-4-17(5-7-18)19-8-9-20(25-24-19)28-12-14-29(15-13-28)22-11-10-21-26-23-16(2)30(21)27-22/h4-11H,3,12-15H2,1-2H3. The molecule has 1 aliphatic heterocycles. The molecule has 9 nitrogen and oxygen atoms in total. The van der Waals surface area contributed by atoms with Gasteiger partial charge in [-0.25, -0.2) is 0 Å². The minimum absolute atomic E-state index is 0.659. The Morgan fingerprint density at radius 3 is 2.16 bits per heavy atom. The lowest BCUT2D eigenvalue weighted by atomic mass is 10.1. The quantitative estimate of drug-likeness (QED) is 0.491. The maximum atomic E-state index is 5.50. The summed E-state index contributed by atoms with van der Waals surface area (Å²) in [6.07, 6.45) is 0. The molecule has 0 radical (unpaired) electrons. The van der Waals surface area contributed by atoms with Gasteiger partial charge in [0.2, 0.25) is 0 Å². The number of piperazine rings is 1. The van der Waals surface area contributed by atoms with E-state index in [2.05, 4.69) is 35.3 Å². The first-order valence-corrected chi connectivity index (χ1v) is 10.5. The van der Waals surface area contributed by atoms with Gasteiger partial charge in [-0.1, -0.05) is 0 Å². The summed E-state index contributed by atoms with van der Waals surface area (Å²) in [5.74, 6) is 3.49. The Morgan fingerprint density at radius 1 is 0.774 bits per heavy atom. The highest BCUT2D eigenvalue weighted by atomic mass is 16.5. The van der Waals surface area contributed by atoms with Gasteiger partial charge >= 0.3 is 0 Å². The summed E-state index contributed by atoms with van der Waals surface area (Å²) in [4.78, 5) is 4.53. The van der Waals surface area contributed by atoms with Crippen LogP contribution >= 0.6 is 0 Å². The summed E-state index contributed by atoms with van der Waals surface area (Å²) < 4.78 is 7.28. The van der Waals surface area contributed by atoms with Crippen LogP contribution in [0.3, 0.4) is 0 Å². The van der Waals surface area contributed by atoms with E-state index in [0.29, 0.717) is 6.61 Å². The largest absolute Gasteiger partial charge is 0.494 e. The molecule has 5 rings (SSSR count). The highest BCUT2D eigenvalue weighted by Gasteiger charge is 2.20. The third-order valence-corrected chi connectivity index (χ3v) is 5.44. The lowest BCUT2D eigenvalue weighted by Crippen LogP contribution is -2.47. The Balaban J connectivity index is 1.24. The van der Waals surface area contributed by atoms with E-state index in [1.807, 2.05) is 62.4 Å². The first-order valence-electron chi connectivity index (χ1n) is 10.5. The Hall–Kier alpha value is -3.75. The SMILES string of the molecule is CCOc1ccc(-c2ccc(N3CCN(c4ccc5nnc(C)n5n4)CC3)nn2)cc1. The van der Waals surface area contributed by atoms with Gasteiger partial charge < -0.3 is 14.5 Å². The number of fused-ring (bicyclic) bond motifs is 1. The van der Waals surface area contributed by atoms with Crippen LogP contribution in [0, 0.1) is 6.92 Å². The fraction of sp³-hybridized carbons (Fsp3) is 0.318. The third-order valence-electron chi connectivity index (χ3n) is 5.44. The molecule has 0 amide bonds. The minimum Gasteiger partial charge on any atom is -0.494 e. The van der Waals surface area contributed by atoms with Gasteiger partial charge in [-0.15, -0.1) is 25.5 Å². The maximum absolute atomic E-state index is 5.50. The van der Waals surface area contributed by atoms with Crippen molar-refractivity contribution in [3.8, 4) is 17.0 Å². The van der Waals surface area contributed by atoms with E-state index >= 15 is 0 Å². The first kappa shape index (κ1) is 19.2. The number of hydrogen-bond donors (Lipinski definition) is 0. The van der Waals surface area contributed by atoms with Gasteiger partial charge in [0.1, 0.15) is 11.6 Å². The summed E-state index contributed by atoms with van der Waals surface area (Å²) in [7, 11) is 0. The zero-order valence-corrected chi connectivity index (χ0v) is 17.6. The van der Waals surface area contributed by atoms with Crippen LogP contribution in [-0.4, -0.2) is 62.8 Å². The maximum Gasteiger partial charge on any atom is 0.178 e. The van der Waals surface area contributed by atoms with Gasteiger partial charge in [-0.05, 0) is 62.4 Å². The minimum atomic E-state index is 0.659. The molecule has 4 aromatic rings. The summed E-state index contributed by atoms with van der Waals surface area (Å²) in [5, 5.41) is 21.8. The third kappa shape index (κ3) is 3.86. The number of aromatic nitrogens is 6. The average Bonchev–Trinajstić information content (AvgIpc) is 3.20. The average molecular weight is 416 g/mol. The molecule has 0 N–H and O–H groups in total. The Kier molecular flexibility index (Phi) is 5.07. The predicted molar refractivity (Wildman–Crippen MR) is 119 cm³/mol. The monoisotopic (exact) mass is 416 g/mol. The van der Waals surface area contributed by atoms with Crippen molar-refractivity contribution in [2.45, 2.75) is 13.8 Å². The van der Waals surface area contributed by atoms with Crippen LogP contribution in [0.2, 0.25) is 0 Å². The van der Waals surface area contributed by atoms with Crippen molar-refractivity contribution in [2.75, 3.05) is 42.6 Å². The lowest BCUT2D eigenvalue weighted by molar-refractivity contribution is 0.340. The number of hydrogen-bond acceptors (Lipinski definition) is 8. The summed E-state index contributed by atoms with van der Waals surface area (Å²) in [6, 6.07) is 16.0. The topological polar surface area (TPSA) is 84.6 Å². The van der Waals surface area contributed by atoms with Crippen molar-refractivity contribution in [3.05, 3.63) is 54.4 Å². The van der Waals surface area contributed by atoms with Gasteiger partial charge in [0.25, 0.3) is 0 Å². The second-order valence-electron chi connectivity index (χ2n) is 7.42. The van der Waals surface area contributed by atoms with E-state index in [0.717, 1.165) is 66.3 Å². The zero-order chi connectivity index (χ0) is 21.2. The van der Waals surface area contributed by atoms with Crippen LogP contribution in [0.4, 0.5) is 11.6 Å². The van der Waals surface area contributed by atoms with Gasteiger partial charge in [-0.2, -0.15) is 4.52 Å². The molecule has 1 aromatic carbocycles. The molecule has 31 heavy (non-hydrogen) atoms. The van der Waals surface area contributed by atoms with Crippen LogP contribution < -0.4 is 14.5 Å². The number of benzene rings is 1. The number of rotatable bonds is 5. The number of nitrogens with zero attached hydrogens (tertiary/aromatic N) is 8. The molecule has 1 saturated heterocycles. The lowest BCUT2D eigenvalue weighted by Gasteiger charge is -2.35. The molecular weight excluding hydrogens is 392 g/mol. The second kappa shape index (κ2) is 8.17. The zero-order valence-electron chi connectivity index (χ0n) is 17.6. The molecule has 0 bridgehead atoms. The van der Waals surface area contributed by atoms with E-state index in [9.17, 15) is 0 Å². The fourth-order valence-corrected chi connectivity index (χ4v) is 3.76. The predicted octanol–water partition coefficient (Wildman–Crippen LogP) is 2.62. The van der Waals surface area contributed by atoms with Gasteiger partial charge in [0.05, 0.1) is 12.3 Å².